The van der Waals surface area contributed by atoms with Gasteiger partial charge in [0.2, 0.25) is 10.0 Å². The van der Waals surface area contributed by atoms with Crippen LogP contribution in [0.1, 0.15) is 33.5 Å². The summed E-state index contributed by atoms with van der Waals surface area (Å²) in [5.74, 6) is 0.193. The highest BCUT2D eigenvalue weighted by Crippen LogP contribution is 2.23. The molecule has 1 aliphatic carbocycles. The first kappa shape index (κ1) is 17.0. The minimum Gasteiger partial charge on any atom is -0.293 e. The van der Waals surface area contributed by atoms with Gasteiger partial charge in [-0.3, -0.25) is 9.52 Å². The lowest BCUT2D eigenvalue weighted by atomic mass is 10.0. The van der Waals surface area contributed by atoms with Crippen molar-refractivity contribution < 1.29 is 13.2 Å². The van der Waals surface area contributed by atoms with Crippen molar-refractivity contribution in [2.45, 2.75) is 25.0 Å². The van der Waals surface area contributed by atoms with Gasteiger partial charge in [0, 0.05) is 11.3 Å². The van der Waals surface area contributed by atoms with E-state index in [4.69, 9.17) is 11.6 Å². The normalized spacial score (nSPS) is 16.4. The molecule has 4 nitrogen and oxygen atoms in total. The smallest absolute Gasteiger partial charge is 0.236 e. The Hall–Kier alpha value is -1.85. The van der Waals surface area contributed by atoms with Gasteiger partial charge in [-0.05, 0) is 54.2 Å². The molecule has 0 radical (unpaired) electrons. The van der Waals surface area contributed by atoms with Gasteiger partial charge in [0.1, 0.15) is 0 Å². The van der Waals surface area contributed by atoms with Crippen molar-refractivity contribution in [3.8, 4) is 0 Å². The molecule has 0 fully saturated rings. The molecule has 2 aliphatic heterocycles. The molecule has 2 aromatic rings. The highest BCUT2D eigenvalue weighted by Gasteiger charge is 2.15. The van der Waals surface area contributed by atoms with E-state index in [1.165, 1.54) is 17.5 Å². The van der Waals surface area contributed by atoms with Gasteiger partial charge in [0.15, 0.2) is 5.78 Å². The van der Waals surface area contributed by atoms with Crippen LogP contribution < -0.4 is 4.72 Å². The van der Waals surface area contributed by atoms with E-state index < -0.39 is 10.0 Å². The number of anilines is 1. The Bertz CT molecular complexity index is 829. The topological polar surface area (TPSA) is 63.2 Å². The fourth-order valence-corrected chi connectivity index (χ4v) is 4.28. The molecule has 126 valence electrons. The number of hydrogen-bond acceptors (Lipinski definition) is 3. The average molecular weight is 364 g/mol. The minimum atomic E-state index is -3.10. The van der Waals surface area contributed by atoms with Crippen LogP contribution in [0.3, 0.4) is 0 Å². The van der Waals surface area contributed by atoms with E-state index in [0.29, 0.717) is 5.69 Å². The molecule has 2 bridgehead atoms. The first-order chi connectivity index (χ1) is 11.5. The van der Waals surface area contributed by atoms with Crippen LogP contribution in [0.5, 0.6) is 0 Å². The molecule has 2 aromatic carbocycles. The zero-order chi connectivity index (χ0) is 17.2. The zero-order valence-electron chi connectivity index (χ0n) is 13.1. The second-order valence-electron chi connectivity index (χ2n) is 5.95. The Morgan fingerprint density at radius 1 is 1.04 bits per heavy atom. The predicted molar refractivity (Wildman–Crippen MR) is 96.2 cm³/mol. The zero-order valence-corrected chi connectivity index (χ0v) is 14.7. The number of fused-ring (bicyclic) bond motifs is 5. The lowest BCUT2D eigenvalue weighted by molar-refractivity contribution is 0.102. The summed E-state index contributed by atoms with van der Waals surface area (Å²) in [7, 11) is -3.10. The fourth-order valence-electron chi connectivity index (χ4n) is 2.93. The van der Waals surface area contributed by atoms with Crippen molar-refractivity contribution in [2.75, 3.05) is 10.6 Å². The number of rotatable bonds is 2. The number of ketones is 1. The van der Waals surface area contributed by atoms with Crippen LogP contribution in [-0.2, 0) is 28.6 Å². The maximum Gasteiger partial charge on any atom is 0.236 e. The van der Waals surface area contributed by atoms with Crippen molar-refractivity contribution in [3.05, 3.63) is 64.7 Å². The van der Waals surface area contributed by atoms with Crippen LogP contribution in [-0.4, -0.2) is 20.1 Å². The lowest BCUT2D eigenvalue weighted by Crippen LogP contribution is -2.11. The average Bonchev–Trinajstić information content (AvgIpc) is 2.91. The monoisotopic (exact) mass is 363 g/mol. The molecular formula is C18H18ClNO3S. The van der Waals surface area contributed by atoms with Crippen LogP contribution in [0.15, 0.2) is 42.5 Å². The van der Waals surface area contributed by atoms with Crippen LogP contribution >= 0.6 is 11.6 Å². The van der Waals surface area contributed by atoms with Crippen LogP contribution in [0, 0.1) is 0 Å². The molecule has 0 unspecified atom stereocenters. The highest BCUT2D eigenvalue weighted by atomic mass is 35.5. The number of alkyl halides is 1. The molecule has 6 heteroatoms. The third kappa shape index (κ3) is 3.97. The molecule has 24 heavy (non-hydrogen) atoms. The molecular weight excluding hydrogens is 346 g/mol. The quantitative estimate of drug-likeness (QED) is 0.655. The summed E-state index contributed by atoms with van der Waals surface area (Å²) < 4.78 is 24.6. The SMILES string of the molecule is O=C(CCl)c1ccc2c(c1)CCC2.O=S1(=O)Cc2ccc(cc2)N1. The minimum absolute atomic E-state index is 0.0244. The van der Waals surface area contributed by atoms with Crippen molar-refractivity contribution in [1.82, 2.24) is 0 Å². The summed E-state index contributed by atoms with van der Waals surface area (Å²) >= 11 is 5.49. The second kappa shape index (κ2) is 6.95. The number of benzene rings is 2. The van der Waals surface area contributed by atoms with E-state index >= 15 is 0 Å². The molecule has 2 heterocycles. The first-order valence-electron chi connectivity index (χ1n) is 7.77. The fraction of sp³-hybridized carbons (Fsp3) is 0.278. The third-order valence-corrected chi connectivity index (χ3v) is 5.63. The van der Waals surface area contributed by atoms with E-state index in [0.717, 1.165) is 24.0 Å². The number of Topliss-reactive ketones (excluding diaryl/α,β-unsaturated/α-hetero) is 1. The molecule has 0 amide bonds. The van der Waals surface area contributed by atoms with Crippen molar-refractivity contribution in [1.29, 1.82) is 0 Å². The Balaban J connectivity index is 0.000000143. The van der Waals surface area contributed by atoms with Gasteiger partial charge in [0.25, 0.3) is 0 Å². The molecule has 5 rings (SSSR count). The van der Waals surface area contributed by atoms with Crippen molar-refractivity contribution >= 4 is 33.1 Å². The molecule has 0 saturated heterocycles. The lowest BCUT2D eigenvalue weighted by Gasteiger charge is -2.01. The number of sulfonamides is 1. The van der Waals surface area contributed by atoms with Crippen LogP contribution in [0.4, 0.5) is 5.69 Å². The predicted octanol–water partition coefficient (Wildman–Crippen LogP) is 3.54. The van der Waals surface area contributed by atoms with Gasteiger partial charge in [0.05, 0.1) is 11.6 Å². The van der Waals surface area contributed by atoms with E-state index in [9.17, 15) is 13.2 Å². The molecule has 0 aromatic heterocycles. The Labute approximate surface area is 146 Å². The standard InChI is InChI=1S/C11H11ClO.C7H7NO2S/c12-7-11(13)10-5-4-8-2-1-3-9(8)6-10;9-11(10)5-6-1-3-7(8-11)4-2-6/h4-6H,1-3,7H2;1-4,8H,5H2. The Morgan fingerprint density at radius 2 is 1.75 bits per heavy atom. The summed E-state index contributed by atoms with van der Waals surface area (Å²) in [6, 6.07) is 13.1. The summed E-state index contributed by atoms with van der Waals surface area (Å²) in [4.78, 5) is 11.3. The van der Waals surface area contributed by atoms with E-state index in [-0.39, 0.29) is 17.4 Å². The van der Waals surface area contributed by atoms with E-state index in [2.05, 4.69) is 10.8 Å². The molecule has 0 atom stereocenters. The first-order valence-corrected chi connectivity index (χ1v) is 9.96. The van der Waals surface area contributed by atoms with E-state index in [1.807, 2.05) is 24.3 Å². The number of carbonyl (C=O) groups excluding carboxylic acids is 1. The summed E-state index contributed by atoms with van der Waals surface area (Å²) in [6.45, 7) is 0. The summed E-state index contributed by atoms with van der Waals surface area (Å²) in [5.41, 5.74) is 4.96. The number of aryl methyl sites for hydroxylation is 2. The van der Waals surface area contributed by atoms with Crippen molar-refractivity contribution in [2.24, 2.45) is 0 Å². The Kier molecular flexibility index (Phi) is 4.92. The van der Waals surface area contributed by atoms with Crippen LogP contribution in [0.2, 0.25) is 0 Å². The number of hydrogen-bond donors (Lipinski definition) is 1. The Morgan fingerprint density at radius 3 is 2.46 bits per heavy atom. The maximum atomic E-state index is 11.3. The van der Waals surface area contributed by atoms with Gasteiger partial charge in [-0.15, -0.1) is 11.6 Å². The molecule has 1 N–H and O–H groups in total. The largest absolute Gasteiger partial charge is 0.293 e. The van der Waals surface area contributed by atoms with E-state index in [1.54, 1.807) is 12.1 Å². The maximum absolute atomic E-state index is 11.3. The summed E-state index contributed by atoms with van der Waals surface area (Å²) in [5, 5.41) is 0. The van der Waals surface area contributed by atoms with Gasteiger partial charge < -0.3 is 0 Å². The second-order valence-corrected chi connectivity index (χ2v) is 7.94. The molecule has 0 spiro atoms. The van der Waals surface area contributed by atoms with Crippen molar-refractivity contribution in [3.63, 3.8) is 0 Å². The third-order valence-electron chi connectivity index (χ3n) is 4.13. The van der Waals surface area contributed by atoms with Gasteiger partial charge in [-0.1, -0.05) is 24.3 Å². The number of nitrogens with one attached hydrogen (secondary N) is 1. The van der Waals surface area contributed by atoms with Gasteiger partial charge in [-0.2, -0.15) is 0 Å². The number of carbonyl (C=O) groups is 1. The van der Waals surface area contributed by atoms with Crippen LogP contribution in [0.25, 0.3) is 0 Å². The van der Waals surface area contributed by atoms with Gasteiger partial charge in [-0.25, -0.2) is 8.42 Å². The molecule has 0 saturated carbocycles. The molecule has 3 aliphatic rings. The summed E-state index contributed by atoms with van der Waals surface area (Å²) in [6.07, 6.45) is 3.48. The van der Waals surface area contributed by atoms with Gasteiger partial charge >= 0.3 is 0 Å². The highest BCUT2D eigenvalue weighted by molar-refractivity contribution is 7.91. The number of halogens is 1.